The van der Waals surface area contributed by atoms with Crippen molar-refractivity contribution in [3.05, 3.63) is 0 Å². The zero-order valence-corrected chi connectivity index (χ0v) is 10.9. The van der Waals surface area contributed by atoms with Gasteiger partial charge in [0, 0.05) is 32.7 Å². The number of ketones is 1. The summed E-state index contributed by atoms with van der Waals surface area (Å²) in [6.45, 7) is 7.89. The lowest BCUT2D eigenvalue weighted by atomic mass is 9.90. The Morgan fingerprint density at radius 2 is 1.62 bits per heavy atom. The van der Waals surface area contributed by atoms with Crippen molar-refractivity contribution in [2.45, 2.75) is 33.0 Å². The highest BCUT2D eigenvalue weighted by atomic mass is 16.5. The molecule has 0 radical (unpaired) electrons. The van der Waals surface area contributed by atoms with Crippen molar-refractivity contribution in [3.63, 3.8) is 0 Å². The van der Waals surface area contributed by atoms with Crippen LogP contribution in [-0.2, 0) is 14.3 Å². The van der Waals surface area contributed by atoms with E-state index in [2.05, 4.69) is 4.90 Å². The van der Waals surface area contributed by atoms with Crippen LogP contribution in [0.3, 0.4) is 0 Å². The van der Waals surface area contributed by atoms with Gasteiger partial charge in [0.15, 0.2) is 5.78 Å². The second kappa shape index (κ2) is 5.25. The summed E-state index contributed by atoms with van der Waals surface area (Å²) >= 11 is 0. The maximum Gasteiger partial charge on any atom is 0.152 e. The third-order valence-corrected chi connectivity index (χ3v) is 3.10. The average molecular weight is 229 g/mol. The van der Waals surface area contributed by atoms with Crippen molar-refractivity contribution < 1.29 is 14.3 Å². The number of nitrogens with zero attached hydrogens (tertiary/aromatic N) is 1. The Kier molecular flexibility index (Phi) is 4.47. The van der Waals surface area contributed by atoms with Crippen LogP contribution in [0.1, 0.15) is 20.8 Å². The quantitative estimate of drug-likeness (QED) is 0.719. The molecule has 0 amide bonds. The molecular weight excluding hydrogens is 206 g/mol. The van der Waals surface area contributed by atoms with E-state index in [1.807, 2.05) is 20.8 Å². The molecule has 0 bridgehead atoms. The van der Waals surface area contributed by atoms with E-state index in [1.165, 1.54) is 0 Å². The predicted molar refractivity (Wildman–Crippen MR) is 62.5 cm³/mol. The van der Waals surface area contributed by atoms with E-state index in [1.54, 1.807) is 14.2 Å². The molecule has 4 heteroatoms. The third kappa shape index (κ3) is 3.27. The second-order valence-electron chi connectivity index (χ2n) is 5.42. The van der Waals surface area contributed by atoms with Crippen molar-refractivity contribution in [2.75, 3.05) is 33.9 Å². The molecule has 1 aliphatic rings. The summed E-state index contributed by atoms with van der Waals surface area (Å²) in [5.74, 6) is 0.263. The molecule has 4 nitrogen and oxygen atoms in total. The van der Waals surface area contributed by atoms with Gasteiger partial charge in [-0.05, 0) is 0 Å². The highest BCUT2D eigenvalue weighted by molar-refractivity contribution is 5.85. The van der Waals surface area contributed by atoms with E-state index in [9.17, 15) is 4.79 Å². The number of carbonyl (C=O) groups is 1. The fraction of sp³-hybridized carbons (Fsp3) is 0.917. The van der Waals surface area contributed by atoms with Crippen LogP contribution in [0.2, 0.25) is 0 Å². The van der Waals surface area contributed by atoms with E-state index in [-0.39, 0.29) is 23.4 Å². The molecule has 0 aromatic heterocycles. The lowest BCUT2D eigenvalue weighted by molar-refractivity contribution is -0.127. The zero-order chi connectivity index (χ0) is 12.3. The van der Waals surface area contributed by atoms with Gasteiger partial charge in [-0.2, -0.15) is 0 Å². The molecule has 2 unspecified atom stereocenters. The summed E-state index contributed by atoms with van der Waals surface area (Å²) in [5.41, 5.74) is -0.270. The van der Waals surface area contributed by atoms with E-state index in [4.69, 9.17) is 9.47 Å². The summed E-state index contributed by atoms with van der Waals surface area (Å²) in [4.78, 5) is 14.0. The van der Waals surface area contributed by atoms with Gasteiger partial charge in [-0.25, -0.2) is 0 Å². The summed E-state index contributed by atoms with van der Waals surface area (Å²) in [6.07, 6.45) is 0.163. The van der Waals surface area contributed by atoms with Crippen molar-refractivity contribution in [1.29, 1.82) is 0 Å². The van der Waals surface area contributed by atoms with Crippen LogP contribution in [0.15, 0.2) is 0 Å². The molecule has 94 valence electrons. The Morgan fingerprint density at radius 3 is 1.94 bits per heavy atom. The maximum atomic E-state index is 11.9. The van der Waals surface area contributed by atoms with Crippen LogP contribution in [0, 0.1) is 5.41 Å². The van der Waals surface area contributed by atoms with Crippen LogP contribution < -0.4 is 0 Å². The SMILES string of the molecule is COC1CN(CC(=O)C(C)(C)C)CC1OC. The Hall–Kier alpha value is -0.450. The minimum Gasteiger partial charge on any atom is -0.377 e. The Morgan fingerprint density at radius 1 is 1.19 bits per heavy atom. The van der Waals surface area contributed by atoms with Gasteiger partial charge < -0.3 is 9.47 Å². The lowest BCUT2D eigenvalue weighted by Crippen LogP contribution is -2.35. The summed E-state index contributed by atoms with van der Waals surface area (Å²) in [6, 6.07) is 0. The number of hydrogen-bond donors (Lipinski definition) is 0. The molecule has 0 aliphatic carbocycles. The van der Waals surface area contributed by atoms with E-state index >= 15 is 0 Å². The first-order valence-corrected chi connectivity index (χ1v) is 5.69. The zero-order valence-electron chi connectivity index (χ0n) is 10.9. The van der Waals surface area contributed by atoms with Gasteiger partial charge in [0.2, 0.25) is 0 Å². The molecular formula is C12H23NO3. The first-order valence-electron chi connectivity index (χ1n) is 5.69. The normalized spacial score (nSPS) is 27.3. The molecule has 16 heavy (non-hydrogen) atoms. The number of likely N-dealkylation sites (tertiary alicyclic amines) is 1. The molecule has 0 aromatic carbocycles. The number of hydrogen-bond acceptors (Lipinski definition) is 4. The first-order chi connectivity index (χ1) is 7.38. The monoisotopic (exact) mass is 229 g/mol. The van der Waals surface area contributed by atoms with Gasteiger partial charge in [0.1, 0.15) is 0 Å². The van der Waals surface area contributed by atoms with Crippen molar-refractivity contribution in [1.82, 2.24) is 4.90 Å². The van der Waals surface area contributed by atoms with Gasteiger partial charge in [-0.15, -0.1) is 0 Å². The van der Waals surface area contributed by atoms with E-state index in [0.717, 1.165) is 13.1 Å². The lowest BCUT2D eigenvalue weighted by Gasteiger charge is -2.21. The minimum atomic E-state index is -0.270. The molecule has 0 N–H and O–H groups in total. The Bertz CT molecular complexity index is 235. The maximum absolute atomic E-state index is 11.9. The van der Waals surface area contributed by atoms with Gasteiger partial charge in [-0.1, -0.05) is 20.8 Å². The second-order valence-corrected chi connectivity index (χ2v) is 5.42. The molecule has 0 aromatic rings. The number of ether oxygens (including phenoxy) is 2. The number of rotatable bonds is 4. The largest absolute Gasteiger partial charge is 0.377 e. The van der Waals surface area contributed by atoms with Crippen molar-refractivity contribution in [2.24, 2.45) is 5.41 Å². The highest BCUT2D eigenvalue weighted by Crippen LogP contribution is 2.19. The molecule has 2 atom stereocenters. The van der Waals surface area contributed by atoms with Gasteiger partial charge >= 0.3 is 0 Å². The number of carbonyl (C=O) groups excluding carboxylic acids is 1. The van der Waals surface area contributed by atoms with Crippen LogP contribution in [0.4, 0.5) is 0 Å². The first kappa shape index (κ1) is 13.6. The van der Waals surface area contributed by atoms with Crippen LogP contribution in [-0.4, -0.2) is 56.7 Å². The van der Waals surface area contributed by atoms with Gasteiger partial charge in [0.05, 0.1) is 18.8 Å². The van der Waals surface area contributed by atoms with Crippen LogP contribution in [0.5, 0.6) is 0 Å². The van der Waals surface area contributed by atoms with Gasteiger partial charge in [0.25, 0.3) is 0 Å². The van der Waals surface area contributed by atoms with Crippen LogP contribution >= 0.6 is 0 Å². The number of Topliss-reactive ketones (excluding diaryl/α,β-unsaturated/α-hetero) is 1. The highest BCUT2D eigenvalue weighted by Gasteiger charge is 2.35. The van der Waals surface area contributed by atoms with Crippen LogP contribution in [0.25, 0.3) is 0 Å². The molecule has 0 spiro atoms. The van der Waals surface area contributed by atoms with Crippen molar-refractivity contribution >= 4 is 5.78 Å². The summed E-state index contributed by atoms with van der Waals surface area (Å²) in [7, 11) is 3.37. The molecule has 1 fully saturated rings. The predicted octanol–water partition coefficient (Wildman–Crippen LogP) is 0.947. The fourth-order valence-corrected chi connectivity index (χ4v) is 1.84. The third-order valence-electron chi connectivity index (χ3n) is 3.10. The minimum absolute atomic E-state index is 0.0813. The standard InChI is InChI=1S/C12H23NO3/c1-12(2,3)11(14)8-13-6-9(15-4)10(7-13)16-5/h9-10H,6-8H2,1-5H3. The molecule has 1 heterocycles. The Balaban J connectivity index is 2.50. The van der Waals surface area contributed by atoms with Gasteiger partial charge in [-0.3, -0.25) is 9.69 Å². The molecule has 1 aliphatic heterocycles. The van der Waals surface area contributed by atoms with Crippen molar-refractivity contribution in [3.8, 4) is 0 Å². The molecule has 1 rings (SSSR count). The fourth-order valence-electron chi connectivity index (χ4n) is 1.84. The molecule has 0 saturated carbocycles. The summed E-state index contributed by atoms with van der Waals surface area (Å²) in [5, 5.41) is 0. The molecule has 1 saturated heterocycles. The smallest absolute Gasteiger partial charge is 0.152 e. The van der Waals surface area contributed by atoms with E-state index < -0.39 is 0 Å². The summed E-state index contributed by atoms with van der Waals surface area (Å²) < 4.78 is 10.7. The average Bonchev–Trinajstić information content (AvgIpc) is 2.58. The number of methoxy groups -OCH3 is 2. The Labute approximate surface area is 97.9 Å². The topological polar surface area (TPSA) is 38.8 Å². The van der Waals surface area contributed by atoms with E-state index in [0.29, 0.717) is 6.54 Å².